The number of imide groups is 1. The molecule has 2 aromatic rings. The van der Waals surface area contributed by atoms with Gasteiger partial charge in [0.2, 0.25) is 0 Å². The molecule has 0 N–H and O–H groups in total. The maximum absolute atomic E-state index is 12.7. The predicted octanol–water partition coefficient (Wildman–Crippen LogP) is 4.04. The van der Waals surface area contributed by atoms with Gasteiger partial charge in [-0.15, -0.1) is 0 Å². The number of carbonyl (C=O) groups excluding carboxylic acids is 3. The first-order valence-electron chi connectivity index (χ1n) is 9.51. The average molecular weight is 378 g/mol. The number of nitrogens with zero attached hydrogens (tertiary/aromatic N) is 2. The van der Waals surface area contributed by atoms with Gasteiger partial charge in [-0.2, -0.15) is 0 Å². The number of rotatable bonds is 2. The third kappa shape index (κ3) is 3.26. The molecule has 0 aliphatic carbocycles. The molecule has 1 saturated heterocycles. The molecule has 0 bridgehead atoms. The van der Waals surface area contributed by atoms with E-state index in [0.717, 1.165) is 29.5 Å². The van der Waals surface area contributed by atoms with E-state index in [0.29, 0.717) is 24.1 Å². The van der Waals surface area contributed by atoms with Gasteiger partial charge >= 0.3 is 6.09 Å². The van der Waals surface area contributed by atoms with Crippen LogP contribution in [0.5, 0.6) is 0 Å². The Morgan fingerprint density at radius 2 is 1.64 bits per heavy atom. The van der Waals surface area contributed by atoms with E-state index in [2.05, 4.69) is 6.92 Å². The van der Waals surface area contributed by atoms with Crippen LogP contribution in [0, 0.1) is 12.8 Å². The summed E-state index contributed by atoms with van der Waals surface area (Å²) in [5.74, 6) is -0.647. The Bertz CT molecular complexity index is 961. The number of hydroxylamine groups is 2. The fraction of sp³-hybridized carbons (Fsp3) is 0.318. The number of hydrogen-bond donors (Lipinski definition) is 0. The quantitative estimate of drug-likeness (QED) is 0.740. The second-order valence-corrected chi connectivity index (χ2v) is 7.56. The average Bonchev–Trinajstić information content (AvgIpc) is 2.93. The van der Waals surface area contributed by atoms with Crippen LogP contribution in [0.1, 0.15) is 46.0 Å². The molecule has 0 aromatic heterocycles. The van der Waals surface area contributed by atoms with Crippen molar-refractivity contribution in [3.05, 3.63) is 59.2 Å². The number of carbonyl (C=O) groups is 3. The van der Waals surface area contributed by atoms with Gasteiger partial charge in [-0.05, 0) is 48.9 Å². The Kier molecular flexibility index (Phi) is 4.63. The van der Waals surface area contributed by atoms with Gasteiger partial charge in [-0.1, -0.05) is 47.9 Å². The lowest BCUT2D eigenvalue weighted by Gasteiger charge is -2.29. The van der Waals surface area contributed by atoms with Gasteiger partial charge in [0, 0.05) is 13.1 Å². The minimum atomic E-state index is -0.652. The Labute approximate surface area is 163 Å². The number of likely N-dealkylation sites (tertiary alicyclic amines) is 1. The van der Waals surface area contributed by atoms with Crippen LogP contribution in [-0.2, 0) is 4.84 Å². The number of amides is 3. The highest BCUT2D eigenvalue weighted by Gasteiger charge is 2.40. The van der Waals surface area contributed by atoms with Gasteiger partial charge in [0.05, 0.1) is 11.1 Å². The van der Waals surface area contributed by atoms with Crippen molar-refractivity contribution in [2.75, 3.05) is 13.1 Å². The molecule has 0 spiro atoms. The molecule has 28 heavy (non-hydrogen) atoms. The van der Waals surface area contributed by atoms with E-state index in [1.54, 1.807) is 23.1 Å². The minimum absolute atomic E-state index is 0.251. The molecule has 0 saturated carbocycles. The lowest BCUT2D eigenvalue weighted by atomic mass is 9.99. The second-order valence-electron chi connectivity index (χ2n) is 7.56. The topological polar surface area (TPSA) is 66.9 Å². The Hall–Kier alpha value is -3.15. The van der Waals surface area contributed by atoms with E-state index in [1.165, 1.54) is 0 Å². The number of fused-ring (bicyclic) bond motifs is 1. The largest absolute Gasteiger partial charge is 0.434 e. The van der Waals surface area contributed by atoms with E-state index in [4.69, 9.17) is 4.84 Å². The maximum Gasteiger partial charge on any atom is 0.434 e. The molecule has 0 radical (unpaired) electrons. The Morgan fingerprint density at radius 1 is 0.964 bits per heavy atom. The van der Waals surface area contributed by atoms with Crippen LogP contribution in [0.15, 0.2) is 42.5 Å². The van der Waals surface area contributed by atoms with Crippen molar-refractivity contribution in [1.29, 1.82) is 0 Å². The van der Waals surface area contributed by atoms with Crippen LogP contribution in [0.3, 0.4) is 0 Å². The summed E-state index contributed by atoms with van der Waals surface area (Å²) in [6, 6.07) is 13.0. The number of aryl methyl sites for hydroxylation is 1. The molecule has 2 aliphatic heterocycles. The van der Waals surface area contributed by atoms with Crippen LogP contribution in [0.4, 0.5) is 4.79 Å². The van der Waals surface area contributed by atoms with Crippen molar-refractivity contribution in [3.8, 4) is 11.1 Å². The maximum atomic E-state index is 12.7. The number of piperidine rings is 1. The van der Waals surface area contributed by atoms with E-state index in [-0.39, 0.29) is 11.1 Å². The van der Waals surface area contributed by atoms with Crippen LogP contribution < -0.4 is 0 Å². The smallest absolute Gasteiger partial charge is 0.310 e. The van der Waals surface area contributed by atoms with E-state index >= 15 is 0 Å². The molecule has 2 heterocycles. The van der Waals surface area contributed by atoms with Crippen molar-refractivity contribution in [2.45, 2.75) is 26.7 Å². The lowest BCUT2D eigenvalue weighted by molar-refractivity contribution is -0.0593. The molecule has 6 heteroatoms. The van der Waals surface area contributed by atoms with Gasteiger partial charge in [-0.3, -0.25) is 9.59 Å². The summed E-state index contributed by atoms with van der Waals surface area (Å²) >= 11 is 0. The zero-order chi connectivity index (χ0) is 19.8. The van der Waals surface area contributed by atoms with Crippen LogP contribution in [0.25, 0.3) is 11.1 Å². The summed E-state index contributed by atoms with van der Waals surface area (Å²) in [4.78, 5) is 44.4. The first kappa shape index (κ1) is 18.2. The SMILES string of the molecule is Cc1cccc(-c2ccc3c(c2)C(=O)N(OC(=O)N2CCC(C)CC2)C3=O)c1. The van der Waals surface area contributed by atoms with Crippen molar-refractivity contribution >= 4 is 17.9 Å². The summed E-state index contributed by atoms with van der Waals surface area (Å²) < 4.78 is 0. The third-order valence-electron chi connectivity index (χ3n) is 5.41. The lowest BCUT2D eigenvalue weighted by Crippen LogP contribution is -2.43. The summed E-state index contributed by atoms with van der Waals surface area (Å²) in [5, 5.41) is 0.588. The highest BCUT2D eigenvalue weighted by Crippen LogP contribution is 2.29. The predicted molar refractivity (Wildman–Crippen MR) is 104 cm³/mol. The number of benzene rings is 2. The molecule has 3 amide bonds. The third-order valence-corrected chi connectivity index (χ3v) is 5.41. The van der Waals surface area contributed by atoms with Gasteiger partial charge in [0.15, 0.2) is 0 Å². The van der Waals surface area contributed by atoms with E-state index < -0.39 is 17.9 Å². The normalized spacial score (nSPS) is 17.1. The van der Waals surface area contributed by atoms with Gasteiger partial charge in [0.25, 0.3) is 11.8 Å². The summed E-state index contributed by atoms with van der Waals surface area (Å²) in [6.45, 7) is 5.27. The molecule has 1 fully saturated rings. The molecule has 2 aliphatic rings. The first-order chi connectivity index (χ1) is 13.4. The molecular weight excluding hydrogens is 356 g/mol. The van der Waals surface area contributed by atoms with Gasteiger partial charge in [-0.25, -0.2) is 4.79 Å². The summed E-state index contributed by atoms with van der Waals surface area (Å²) in [5.41, 5.74) is 3.40. The molecule has 4 rings (SSSR count). The fourth-order valence-electron chi connectivity index (χ4n) is 3.63. The van der Waals surface area contributed by atoms with Crippen molar-refractivity contribution in [1.82, 2.24) is 9.96 Å². The van der Waals surface area contributed by atoms with Crippen LogP contribution in [0.2, 0.25) is 0 Å². The first-order valence-corrected chi connectivity index (χ1v) is 9.51. The highest BCUT2D eigenvalue weighted by atomic mass is 16.7. The van der Waals surface area contributed by atoms with E-state index in [9.17, 15) is 14.4 Å². The zero-order valence-corrected chi connectivity index (χ0v) is 16.0. The summed E-state index contributed by atoms with van der Waals surface area (Å²) in [6.07, 6.45) is 1.12. The van der Waals surface area contributed by atoms with Crippen LogP contribution in [-0.4, -0.2) is 41.0 Å². The monoisotopic (exact) mass is 378 g/mol. The highest BCUT2D eigenvalue weighted by molar-refractivity contribution is 6.21. The zero-order valence-electron chi connectivity index (χ0n) is 16.0. The number of hydrogen-bond acceptors (Lipinski definition) is 4. The van der Waals surface area contributed by atoms with Crippen LogP contribution >= 0.6 is 0 Å². The molecule has 0 atom stereocenters. The van der Waals surface area contributed by atoms with Gasteiger partial charge in [0.1, 0.15) is 0 Å². The van der Waals surface area contributed by atoms with Gasteiger partial charge < -0.3 is 9.74 Å². The molecule has 0 unspecified atom stereocenters. The molecular formula is C22H22N2O4. The fourth-order valence-corrected chi connectivity index (χ4v) is 3.63. The Balaban J connectivity index is 1.54. The van der Waals surface area contributed by atoms with Crippen molar-refractivity contribution in [3.63, 3.8) is 0 Å². The standard InChI is InChI=1S/C22H22N2O4/c1-14-8-10-23(11-9-14)22(27)28-24-20(25)18-7-6-17(13-19(18)21(24)26)16-5-3-4-15(2)12-16/h3-7,12-14H,8-11H2,1-2H3. The Morgan fingerprint density at radius 3 is 2.36 bits per heavy atom. The van der Waals surface area contributed by atoms with E-state index in [1.807, 2.05) is 31.2 Å². The summed E-state index contributed by atoms with van der Waals surface area (Å²) in [7, 11) is 0. The molecule has 6 nitrogen and oxygen atoms in total. The molecule has 2 aromatic carbocycles. The second kappa shape index (κ2) is 7.11. The molecule has 144 valence electrons. The van der Waals surface area contributed by atoms with Crippen molar-refractivity contribution < 1.29 is 19.2 Å². The van der Waals surface area contributed by atoms with Crippen molar-refractivity contribution in [2.24, 2.45) is 5.92 Å². The minimum Gasteiger partial charge on any atom is -0.310 e.